The number of hydrogen-bond acceptors (Lipinski definition) is 3. The predicted octanol–water partition coefficient (Wildman–Crippen LogP) is 1.98. The van der Waals surface area contributed by atoms with Gasteiger partial charge in [0, 0.05) is 18.5 Å². The smallest absolute Gasteiger partial charge is 0.231 e. The van der Waals surface area contributed by atoms with Crippen LogP contribution in [0.3, 0.4) is 0 Å². The maximum atomic E-state index is 13.2. The molecule has 1 saturated heterocycles. The average Bonchev–Trinajstić information content (AvgIpc) is 2.48. The van der Waals surface area contributed by atoms with Crippen LogP contribution >= 0.6 is 0 Å². The Bertz CT molecular complexity index is 548. The van der Waals surface area contributed by atoms with Crippen molar-refractivity contribution in [2.75, 3.05) is 13.1 Å². The number of benzene rings is 1. The number of hydrogen-bond donors (Lipinski definition) is 2. The molecule has 120 valence electrons. The standard InChI is InChI=1S/C17H23FN2O2/c18-13-6-4-12(5-7-13)16-14-3-1-2-8-17(14,22)9-10-20(16)11-15(19)21/h4-7,14,16,22H,1-3,8-11H2,(H2,19,21)/t14-,16+,17+/m0/s1. The molecule has 2 fully saturated rings. The molecule has 2 aliphatic rings. The number of nitrogens with two attached hydrogens (primary N) is 1. The van der Waals surface area contributed by atoms with Crippen molar-refractivity contribution in [1.29, 1.82) is 0 Å². The molecule has 0 aromatic heterocycles. The van der Waals surface area contributed by atoms with Crippen molar-refractivity contribution < 1.29 is 14.3 Å². The molecule has 0 unspecified atom stereocenters. The summed E-state index contributed by atoms with van der Waals surface area (Å²) in [5.41, 5.74) is 5.66. The first-order chi connectivity index (χ1) is 10.5. The molecule has 3 rings (SSSR count). The minimum Gasteiger partial charge on any atom is -0.389 e. The van der Waals surface area contributed by atoms with Crippen LogP contribution in [0.5, 0.6) is 0 Å². The quantitative estimate of drug-likeness (QED) is 0.897. The van der Waals surface area contributed by atoms with Gasteiger partial charge >= 0.3 is 0 Å². The van der Waals surface area contributed by atoms with Gasteiger partial charge in [0.05, 0.1) is 12.1 Å². The second-order valence-corrected chi connectivity index (χ2v) is 6.64. The number of carbonyl (C=O) groups is 1. The van der Waals surface area contributed by atoms with E-state index in [0.717, 1.165) is 31.2 Å². The molecule has 0 bridgehead atoms. The lowest BCUT2D eigenvalue weighted by Gasteiger charge is -2.52. The van der Waals surface area contributed by atoms with E-state index in [0.29, 0.717) is 13.0 Å². The van der Waals surface area contributed by atoms with Crippen LogP contribution in [0.25, 0.3) is 0 Å². The highest BCUT2D eigenvalue weighted by molar-refractivity contribution is 5.76. The van der Waals surface area contributed by atoms with Crippen molar-refractivity contribution >= 4 is 5.91 Å². The summed E-state index contributed by atoms with van der Waals surface area (Å²) in [6.45, 7) is 0.812. The molecule has 1 aromatic rings. The van der Waals surface area contributed by atoms with Crippen LogP contribution < -0.4 is 5.73 Å². The Morgan fingerprint density at radius 3 is 2.73 bits per heavy atom. The highest BCUT2D eigenvalue weighted by Gasteiger charge is 2.48. The maximum Gasteiger partial charge on any atom is 0.231 e. The molecule has 1 amide bonds. The first-order valence-electron chi connectivity index (χ1n) is 8.00. The topological polar surface area (TPSA) is 66.6 Å². The molecule has 3 atom stereocenters. The number of amides is 1. The minimum absolute atomic E-state index is 0.0693. The summed E-state index contributed by atoms with van der Waals surface area (Å²) in [5, 5.41) is 11.0. The Hall–Kier alpha value is -1.46. The van der Waals surface area contributed by atoms with Crippen LogP contribution in [0.2, 0.25) is 0 Å². The van der Waals surface area contributed by atoms with Gasteiger partial charge in [-0.25, -0.2) is 4.39 Å². The SMILES string of the molecule is NC(=O)CN1CC[C@]2(O)CCCC[C@H]2[C@H]1c1ccc(F)cc1. The fraction of sp³-hybridized carbons (Fsp3) is 0.588. The zero-order valence-electron chi connectivity index (χ0n) is 12.7. The number of likely N-dealkylation sites (tertiary alicyclic amines) is 1. The van der Waals surface area contributed by atoms with E-state index < -0.39 is 5.60 Å². The van der Waals surface area contributed by atoms with Crippen LogP contribution in [0.1, 0.15) is 43.7 Å². The van der Waals surface area contributed by atoms with E-state index >= 15 is 0 Å². The van der Waals surface area contributed by atoms with E-state index in [-0.39, 0.29) is 30.2 Å². The van der Waals surface area contributed by atoms with E-state index in [1.54, 1.807) is 12.1 Å². The van der Waals surface area contributed by atoms with Crippen LogP contribution in [-0.4, -0.2) is 34.6 Å². The fourth-order valence-corrected chi connectivity index (χ4v) is 4.22. The van der Waals surface area contributed by atoms with E-state index in [9.17, 15) is 14.3 Å². The lowest BCUT2D eigenvalue weighted by atomic mass is 9.66. The van der Waals surface area contributed by atoms with Gasteiger partial charge in [-0.3, -0.25) is 9.69 Å². The normalized spacial score (nSPS) is 32.5. The van der Waals surface area contributed by atoms with Gasteiger partial charge in [-0.15, -0.1) is 0 Å². The van der Waals surface area contributed by atoms with Crippen LogP contribution in [-0.2, 0) is 4.79 Å². The first kappa shape index (κ1) is 15.4. The molecular weight excluding hydrogens is 283 g/mol. The number of carbonyl (C=O) groups excluding carboxylic acids is 1. The van der Waals surface area contributed by atoms with Gasteiger partial charge in [-0.1, -0.05) is 25.0 Å². The van der Waals surface area contributed by atoms with Gasteiger partial charge in [0.2, 0.25) is 5.91 Å². The van der Waals surface area contributed by atoms with Gasteiger partial charge < -0.3 is 10.8 Å². The lowest BCUT2D eigenvalue weighted by molar-refractivity contribution is -0.136. The Morgan fingerprint density at radius 1 is 1.32 bits per heavy atom. The maximum absolute atomic E-state index is 13.2. The molecular formula is C17H23FN2O2. The fourth-order valence-electron chi connectivity index (χ4n) is 4.22. The Labute approximate surface area is 130 Å². The molecule has 1 aliphatic heterocycles. The van der Waals surface area contributed by atoms with Crippen molar-refractivity contribution in [1.82, 2.24) is 4.90 Å². The molecule has 5 heteroatoms. The van der Waals surface area contributed by atoms with E-state index in [2.05, 4.69) is 0 Å². The van der Waals surface area contributed by atoms with Gasteiger partial charge in [-0.05, 0) is 37.0 Å². The summed E-state index contributed by atoms with van der Waals surface area (Å²) in [4.78, 5) is 13.4. The number of fused-ring (bicyclic) bond motifs is 1. The van der Waals surface area contributed by atoms with Crippen molar-refractivity contribution in [3.05, 3.63) is 35.6 Å². The molecule has 0 radical (unpaired) electrons. The van der Waals surface area contributed by atoms with Crippen LogP contribution in [0, 0.1) is 11.7 Å². The average molecular weight is 306 g/mol. The van der Waals surface area contributed by atoms with Crippen molar-refractivity contribution in [2.24, 2.45) is 11.7 Å². The number of aliphatic hydroxyl groups is 1. The number of primary amides is 1. The van der Waals surface area contributed by atoms with Gasteiger partial charge in [0.15, 0.2) is 0 Å². The number of rotatable bonds is 3. The molecule has 3 N–H and O–H groups in total. The molecule has 1 heterocycles. The zero-order valence-corrected chi connectivity index (χ0v) is 12.7. The third kappa shape index (κ3) is 2.88. The second-order valence-electron chi connectivity index (χ2n) is 6.64. The monoisotopic (exact) mass is 306 g/mol. The largest absolute Gasteiger partial charge is 0.389 e. The van der Waals surface area contributed by atoms with Crippen molar-refractivity contribution in [2.45, 2.75) is 43.7 Å². The summed E-state index contributed by atoms with van der Waals surface area (Å²) >= 11 is 0. The zero-order chi connectivity index (χ0) is 15.7. The van der Waals surface area contributed by atoms with Crippen LogP contribution in [0.15, 0.2) is 24.3 Å². The Kier molecular flexibility index (Phi) is 4.19. The molecule has 1 aliphatic carbocycles. The van der Waals surface area contributed by atoms with E-state index in [1.165, 1.54) is 12.1 Å². The minimum atomic E-state index is -0.675. The summed E-state index contributed by atoms with van der Waals surface area (Å²) in [6, 6.07) is 6.32. The summed E-state index contributed by atoms with van der Waals surface area (Å²) in [7, 11) is 0. The summed E-state index contributed by atoms with van der Waals surface area (Å²) in [5.74, 6) is -0.576. The van der Waals surface area contributed by atoms with Crippen molar-refractivity contribution in [3.63, 3.8) is 0 Å². The first-order valence-corrected chi connectivity index (χ1v) is 8.00. The summed E-state index contributed by atoms with van der Waals surface area (Å²) < 4.78 is 13.2. The third-order valence-electron chi connectivity index (χ3n) is 5.24. The highest BCUT2D eigenvalue weighted by atomic mass is 19.1. The molecule has 22 heavy (non-hydrogen) atoms. The third-order valence-corrected chi connectivity index (χ3v) is 5.24. The predicted molar refractivity (Wildman–Crippen MR) is 81.4 cm³/mol. The van der Waals surface area contributed by atoms with E-state index in [1.807, 2.05) is 4.90 Å². The van der Waals surface area contributed by atoms with Gasteiger partial charge in [-0.2, -0.15) is 0 Å². The van der Waals surface area contributed by atoms with E-state index in [4.69, 9.17) is 5.73 Å². The molecule has 1 aromatic carbocycles. The highest BCUT2D eigenvalue weighted by Crippen LogP contribution is 2.49. The summed E-state index contributed by atoms with van der Waals surface area (Å²) in [6.07, 6.45) is 4.52. The number of piperidine rings is 1. The Balaban J connectivity index is 1.96. The second kappa shape index (κ2) is 5.97. The lowest BCUT2D eigenvalue weighted by Crippen LogP contribution is -2.56. The molecule has 0 spiro atoms. The number of nitrogens with zero attached hydrogens (tertiary/aromatic N) is 1. The molecule has 1 saturated carbocycles. The van der Waals surface area contributed by atoms with Gasteiger partial charge in [0.25, 0.3) is 0 Å². The van der Waals surface area contributed by atoms with Crippen LogP contribution in [0.4, 0.5) is 4.39 Å². The Morgan fingerprint density at radius 2 is 2.05 bits per heavy atom. The van der Waals surface area contributed by atoms with Gasteiger partial charge in [0.1, 0.15) is 5.82 Å². The number of halogens is 1. The molecule has 4 nitrogen and oxygen atoms in total. The van der Waals surface area contributed by atoms with Crippen molar-refractivity contribution in [3.8, 4) is 0 Å².